The van der Waals surface area contributed by atoms with Crippen LogP contribution in [0.4, 0.5) is 21.7 Å². The number of nitrogens with two attached hydrogens (primary N) is 1. The highest BCUT2D eigenvalue weighted by atomic mass is 19.1. The molecule has 0 spiro atoms. The Balaban J connectivity index is 1.59. The van der Waals surface area contributed by atoms with Crippen LogP contribution in [0.5, 0.6) is 0 Å². The van der Waals surface area contributed by atoms with Crippen LogP contribution in [0.1, 0.15) is 36.0 Å². The second kappa shape index (κ2) is 9.18. The third-order valence-electron chi connectivity index (χ3n) is 5.73. The molecule has 0 radical (unpaired) electrons. The largest absolute Gasteiger partial charge is 0.365 e. The maximum Gasteiger partial charge on any atom is 0.252 e. The Kier molecular flexibility index (Phi) is 6.18. The fourth-order valence-corrected chi connectivity index (χ4v) is 4.06. The average molecular weight is 423 g/mol. The molecule has 5 N–H and O–H groups in total. The van der Waals surface area contributed by atoms with Crippen molar-refractivity contribution in [2.24, 2.45) is 5.73 Å². The quantitative estimate of drug-likeness (QED) is 0.464. The van der Waals surface area contributed by atoms with Gasteiger partial charge >= 0.3 is 0 Å². The first-order chi connectivity index (χ1) is 15.0. The van der Waals surface area contributed by atoms with Gasteiger partial charge in [0.1, 0.15) is 5.82 Å². The van der Waals surface area contributed by atoms with Gasteiger partial charge in [0, 0.05) is 35.9 Å². The summed E-state index contributed by atoms with van der Waals surface area (Å²) in [6, 6.07) is 13.0. The van der Waals surface area contributed by atoms with Crippen LogP contribution >= 0.6 is 0 Å². The number of aromatic nitrogens is 2. The van der Waals surface area contributed by atoms with Crippen LogP contribution < -0.4 is 21.7 Å². The number of hydrogen-bond donors (Lipinski definition) is 4. The third kappa shape index (κ3) is 4.69. The van der Waals surface area contributed by atoms with Crippen LogP contribution in [0, 0.1) is 5.82 Å². The molecule has 1 amide bonds. The van der Waals surface area contributed by atoms with E-state index in [1.807, 2.05) is 60.4 Å². The number of benzene rings is 1. The number of pyridine rings is 1. The highest BCUT2D eigenvalue weighted by molar-refractivity contribution is 5.98. The maximum atomic E-state index is 14.7. The Morgan fingerprint density at radius 1 is 1.10 bits per heavy atom. The minimum absolute atomic E-state index is 0.00588. The normalized spacial score (nSPS) is 18.5. The minimum Gasteiger partial charge on any atom is -0.365 e. The van der Waals surface area contributed by atoms with Gasteiger partial charge in [-0.25, -0.2) is 9.37 Å². The molecule has 4 rings (SSSR count). The van der Waals surface area contributed by atoms with E-state index in [1.54, 1.807) is 0 Å². The molecule has 1 aliphatic carbocycles. The Labute approximate surface area is 180 Å². The number of hydrogen-bond acceptors (Lipinski definition) is 5. The van der Waals surface area contributed by atoms with Gasteiger partial charge < -0.3 is 26.3 Å². The number of anilines is 3. The van der Waals surface area contributed by atoms with E-state index in [9.17, 15) is 9.18 Å². The molecule has 0 bridgehead atoms. The zero-order chi connectivity index (χ0) is 21.8. The highest BCUT2D eigenvalue weighted by Gasteiger charge is 2.26. The van der Waals surface area contributed by atoms with Crippen LogP contribution in [0.3, 0.4) is 0 Å². The molecule has 162 valence electrons. The van der Waals surface area contributed by atoms with Crippen LogP contribution in [-0.2, 0) is 0 Å². The minimum atomic E-state index is -0.741. The van der Waals surface area contributed by atoms with Crippen LogP contribution in [0.15, 0.2) is 54.9 Å². The molecule has 1 aromatic carbocycles. The summed E-state index contributed by atoms with van der Waals surface area (Å²) in [6.45, 7) is 0. The second-order valence-electron chi connectivity index (χ2n) is 7.77. The van der Waals surface area contributed by atoms with Crippen molar-refractivity contribution in [3.8, 4) is 5.69 Å². The van der Waals surface area contributed by atoms with E-state index in [0.29, 0.717) is 5.69 Å². The maximum absolute atomic E-state index is 14.7. The predicted octanol–water partition coefficient (Wildman–Crippen LogP) is 3.80. The number of primary amides is 1. The standard InChI is InChI=1S/C23H27FN6O/c1-26-19-6-2-3-7-20(19)28-23-18(24)14-17(21(25)31)22(29-23)27-15-8-10-16(11-9-15)30-12-4-5-13-30/h4-5,8-14,19-20,26H,2-3,6-7H2,1H3,(H2,25,31)(H2,27,28,29)/t19-,20+/m0/s1. The summed E-state index contributed by atoms with van der Waals surface area (Å²) in [5.41, 5.74) is 7.20. The first kappa shape index (κ1) is 20.9. The number of nitrogens with one attached hydrogen (secondary N) is 3. The Hall–Kier alpha value is -3.39. The zero-order valence-corrected chi connectivity index (χ0v) is 17.4. The van der Waals surface area contributed by atoms with Gasteiger partial charge in [-0.15, -0.1) is 0 Å². The van der Waals surface area contributed by atoms with E-state index in [1.165, 1.54) is 0 Å². The van der Waals surface area contributed by atoms with E-state index in [0.717, 1.165) is 37.4 Å². The summed E-state index contributed by atoms with van der Waals surface area (Å²) in [7, 11) is 1.91. The fraction of sp³-hybridized carbons (Fsp3) is 0.304. The summed E-state index contributed by atoms with van der Waals surface area (Å²) in [4.78, 5) is 16.3. The molecule has 0 unspecified atom stereocenters. The molecule has 1 saturated carbocycles. The summed E-state index contributed by atoms with van der Waals surface area (Å²) in [5.74, 6) is -0.997. The second-order valence-corrected chi connectivity index (χ2v) is 7.77. The first-order valence-electron chi connectivity index (χ1n) is 10.5. The van der Waals surface area contributed by atoms with Crippen molar-refractivity contribution in [1.29, 1.82) is 0 Å². The van der Waals surface area contributed by atoms with Crippen molar-refractivity contribution in [1.82, 2.24) is 14.9 Å². The van der Waals surface area contributed by atoms with Gasteiger partial charge in [-0.3, -0.25) is 4.79 Å². The molecule has 0 saturated heterocycles. The summed E-state index contributed by atoms with van der Waals surface area (Å²) in [5, 5.41) is 9.63. The fourth-order valence-electron chi connectivity index (χ4n) is 4.06. The lowest BCUT2D eigenvalue weighted by Crippen LogP contribution is -2.45. The van der Waals surface area contributed by atoms with Gasteiger partial charge in [0.05, 0.1) is 5.56 Å². The molecular formula is C23H27FN6O. The molecule has 0 aliphatic heterocycles. The topological polar surface area (TPSA) is 97.0 Å². The highest BCUT2D eigenvalue weighted by Crippen LogP contribution is 2.27. The lowest BCUT2D eigenvalue weighted by atomic mass is 9.90. The number of likely N-dealkylation sites (N-methyl/N-ethyl adjacent to an activating group) is 1. The van der Waals surface area contributed by atoms with Crippen molar-refractivity contribution in [2.45, 2.75) is 37.8 Å². The van der Waals surface area contributed by atoms with Gasteiger partial charge in [0.2, 0.25) is 0 Å². The summed E-state index contributed by atoms with van der Waals surface area (Å²) >= 11 is 0. The predicted molar refractivity (Wildman–Crippen MR) is 120 cm³/mol. The van der Waals surface area contributed by atoms with Gasteiger partial charge in [-0.2, -0.15) is 0 Å². The SMILES string of the molecule is CN[C@H]1CCCC[C@H]1Nc1nc(Nc2ccc(-n3cccc3)cc2)c(C(N)=O)cc1F. The van der Waals surface area contributed by atoms with E-state index in [2.05, 4.69) is 20.9 Å². The summed E-state index contributed by atoms with van der Waals surface area (Å²) < 4.78 is 16.7. The van der Waals surface area contributed by atoms with Crippen LogP contribution in [0.2, 0.25) is 0 Å². The van der Waals surface area contributed by atoms with Gasteiger partial charge in [-0.05, 0) is 62.4 Å². The third-order valence-corrected chi connectivity index (χ3v) is 5.73. The monoisotopic (exact) mass is 422 g/mol. The van der Waals surface area contributed by atoms with E-state index >= 15 is 0 Å². The van der Waals surface area contributed by atoms with Crippen molar-refractivity contribution < 1.29 is 9.18 Å². The van der Waals surface area contributed by atoms with Crippen LogP contribution in [-0.4, -0.2) is 34.6 Å². The zero-order valence-electron chi connectivity index (χ0n) is 17.4. The number of carbonyl (C=O) groups excluding carboxylic acids is 1. The Bertz CT molecular complexity index is 1030. The molecule has 2 aromatic heterocycles. The number of amides is 1. The number of halogens is 1. The van der Waals surface area contributed by atoms with Gasteiger partial charge in [-0.1, -0.05) is 12.8 Å². The van der Waals surface area contributed by atoms with Gasteiger partial charge in [0.15, 0.2) is 11.6 Å². The van der Waals surface area contributed by atoms with E-state index < -0.39 is 11.7 Å². The molecule has 1 fully saturated rings. The molecule has 1 aliphatic rings. The first-order valence-corrected chi connectivity index (χ1v) is 10.5. The number of nitrogens with zero attached hydrogens (tertiary/aromatic N) is 2. The summed E-state index contributed by atoms with van der Waals surface area (Å²) in [6.07, 6.45) is 8.08. The van der Waals surface area contributed by atoms with Crippen molar-refractivity contribution in [3.63, 3.8) is 0 Å². The van der Waals surface area contributed by atoms with Crippen molar-refractivity contribution in [2.75, 3.05) is 17.7 Å². The Morgan fingerprint density at radius 3 is 2.42 bits per heavy atom. The molecule has 2 atom stereocenters. The lowest BCUT2D eigenvalue weighted by molar-refractivity contribution is 0.100. The Morgan fingerprint density at radius 2 is 1.77 bits per heavy atom. The number of rotatable bonds is 7. The van der Waals surface area contributed by atoms with Crippen LogP contribution in [0.25, 0.3) is 5.69 Å². The number of carbonyl (C=O) groups is 1. The lowest BCUT2D eigenvalue weighted by Gasteiger charge is -2.32. The molecule has 3 aromatic rings. The molecule has 8 heteroatoms. The average Bonchev–Trinajstić information content (AvgIpc) is 3.31. The smallest absolute Gasteiger partial charge is 0.252 e. The van der Waals surface area contributed by atoms with E-state index in [-0.39, 0.29) is 29.3 Å². The van der Waals surface area contributed by atoms with E-state index in [4.69, 9.17) is 5.73 Å². The molecule has 7 nitrogen and oxygen atoms in total. The molecule has 31 heavy (non-hydrogen) atoms. The van der Waals surface area contributed by atoms with Crippen molar-refractivity contribution in [3.05, 3.63) is 66.2 Å². The molecular weight excluding hydrogens is 395 g/mol. The van der Waals surface area contributed by atoms with Crippen molar-refractivity contribution >= 4 is 23.2 Å². The molecule has 2 heterocycles. The van der Waals surface area contributed by atoms with Gasteiger partial charge in [0.25, 0.3) is 5.91 Å².